The second-order valence-electron chi connectivity index (χ2n) is 6.28. The van der Waals surface area contributed by atoms with Crippen LogP contribution in [0.25, 0.3) is 0 Å². The van der Waals surface area contributed by atoms with Crippen LogP contribution >= 0.6 is 0 Å². The van der Waals surface area contributed by atoms with Crippen LogP contribution < -0.4 is 0 Å². The Kier molecular flexibility index (Phi) is 7.05. The van der Waals surface area contributed by atoms with Gasteiger partial charge >= 0.3 is 6.09 Å². The van der Waals surface area contributed by atoms with E-state index < -0.39 is 11.0 Å². The molecule has 0 atom stereocenters. The van der Waals surface area contributed by atoms with Gasteiger partial charge < -0.3 is 10.0 Å². The van der Waals surface area contributed by atoms with Crippen molar-refractivity contribution in [2.75, 3.05) is 13.1 Å². The van der Waals surface area contributed by atoms with E-state index in [1.807, 2.05) is 6.07 Å². The number of rotatable bonds is 3. The highest BCUT2D eigenvalue weighted by Gasteiger charge is 2.15. The number of hydrogen-bond donors (Lipinski definition) is 1. The summed E-state index contributed by atoms with van der Waals surface area (Å²) in [6, 6.07) is 13.2. The van der Waals surface area contributed by atoms with Crippen LogP contribution in [-0.4, -0.2) is 39.9 Å². The largest absolute Gasteiger partial charge is 0.465 e. The lowest BCUT2D eigenvalue weighted by molar-refractivity contribution is -0.385. The molecular weight excluding hydrogens is 348 g/mol. The fourth-order valence-electron chi connectivity index (χ4n) is 2.84. The molecule has 0 radical (unpaired) electrons. The normalized spacial score (nSPS) is 13.3. The summed E-state index contributed by atoms with van der Waals surface area (Å²) in [6.07, 6.45) is 2.48. The van der Waals surface area contributed by atoms with Gasteiger partial charge in [0.15, 0.2) is 5.78 Å². The molecule has 1 heterocycles. The molecule has 0 spiro atoms. The monoisotopic (exact) mass is 370 g/mol. The minimum Gasteiger partial charge on any atom is -0.465 e. The van der Waals surface area contributed by atoms with Gasteiger partial charge in [0.25, 0.3) is 5.69 Å². The summed E-state index contributed by atoms with van der Waals surface area (Å²) in [7, 11) is 0. The van der Waals surface area contributed by atoms with Crippen molar-refractivity contribution in [2.45, 2.75) is 26.2 Å². The first-order valence-corrected chi connectivity index (χ1v) is 8.73. The van der Waals surface area contributed by atoms with E-state index in [1.165, 1.54) is 23.5 Å². The Morgan fingerprint density at radius 3 is 2.11 bits per heavy atom. The predicted octanol–water partition coefficient (Wildman–Crippen LogP) is 4.28. The molecule has 1 fully saturated rings. The van der Waals surface area contributed by atoms with Crippen LogP contribution in [-0.2, 0) is 0 Å². The molecule has 7 heteroatoms. The van der Waals surface area contributed by atoms with E-state index >= 15 is 0 Å². The Hall–Kier alpha value is -3.22. The van der Waals surface area contributed by atoms with E-state index in [1.54, 1.807) is 37.3 Å². The standard InChI is InChI=1S/C14H11NO3.C6H11NO2/c1-10-9-12(7-8-13(10)15(17)18)14(16)11-5-3-2-4-6-11;8-6(9)7-4-2-1-3-5-7/h2-9H,1H3;1-5H2,(H,8,9). The van der Waals surface area contributed by atoms with Crippen LogP contribution in [0, 0.1) is 17.0 Å². The van der Waals surface area contributed by atoms with Crippen LogP contribution in [0.2, 0.25) is 0 Å². The molecule has 2 aromatic carbocycles. The topological polar surface area (TPSA) is 101 Å². The summed E-state index contributed by atoms with van der Waals surface area (Å²) >= 11 is 0. The third kappa shape index (κ3) is 5.64. The Bertz CT molecular complexity index is 814. The Balaban J connectivity index is 0.000000244. The fraction of sp³-hybridized carbons (Fsp3) is 0.300. The van der Waals surface area contributed by atoms with Crippen molar-refractivity contribution in [1.82, 2.24) is 4.90 Å². The molecule has 27 heavy (non-hydrogen) atoms. The maximum atomic E-state index is 12.1. The SMILES string of the molecule is Cc1cc(C(=O)c2ccccc2)ccc1[N+](=O)[O-].O=C(O)N1CCCCC1. The van der Waals surface area contributed by atoms with Crippen LogP contribution in [0.5, 0.6) is 0 Å². The number of nitro benzene ring substituents is 1. The molecule has 7 nitrogen and oxygen atoms in total. The quantitative estimate of drug-likeness (QED) is 0.493. The molecule has 0 aromatic heterocycles. The molecule has 1 aliphatic heterocycles. The van der Waals surface area contributed by atoms with Crippen molar-refractivity contribution in [1.29, 1.82) is 0 Å². The van der Waals surface area contributed by atoms with Gasteiger partial charge in [-0.2, -0.15) is 0 Å². The van der Waals surface area contributed by atoms with Gasteiger partial charge in [0.2, 0.25) is 0 Å². The molecule has 3 rings (SSSR count). The van der Waals surface area contributed by atoms with E-state index in [0.717, 1.165) is 25.9 Å². The highest BCUT2D eigenvalue weighted by Crippen LogP contribution is 2.20. The maximum Gasteiger partial charge on any atom is 0.407 e. The number of nitro groups is 1. The van der Waals surface area contributed by atoms with Gasteiger partial charge in [0, 0.05) is 35.8 Å². The number of aryl methyl sites for hydroxylation is 1. The smallest absolute Gasteiger partial charge is 0.407 e. The maximum absolute atomic E-state index is 12.1. The van der Waals surface area contributed by atoms with E-state index in [9.17, 15) is 19.7 Å². The van der Waals surface area contributed by atoms with Crippen molar-refractivity contribution in [2.24, 2.45) is 0 Å². The number of amides is 1. The average molecular weight is 370 g/mol. The van der Waals surface area contributed by atoms with Crippen LogP contribution in [0.3, 0.4) is 0 Å². The number of carbonyl (C=O) groups excluding carboxylic acids is 1. The minimum absolute atomic E-state index is 0.0274. The number of carbonyl (C=O) groups is 2. The predicted molar refractivity (Wildman–Crippen MR) is 101 cm³/mol. The molecule has 0 aliphatic carbocycles. The molecule has 2 aromatic rings. The molecule has 0 saturated carbocycles. The Labute approximate surface area is 157 Å². The van der Waals surface area contributed by atoms with E-state index in [0.29, 0.717) is 16.7 Å². The average Bonchev–Trinajstić information content (AvgIpc) is 2.69. The summed E-state index contributed by atoms with van der Waals surface area (Å²) in [6.45, 7) is 3.09. The number of hydrogen-bond acceptors (Lipinski definition) is 4. The number of likely N-dealkylation sites (tertiary alicyclic amines) is 1. The van der Waals surface area contributed by atoms with Gasteiger partial charge in [0.1, 0.15) is 0 Å². The molecule has 0 bridgehead atoms. The van der Waals surface area contributed by atoms with Crippen molar-refractivity contribution in [3.05, 3.63) is 75.3 Å². The number of piperidine rings is 1. The lowest BCUT2D eigenvalue weighted by Gasteiger charge is -2.22. The Morgan fingerprint density at radius 2 is 1.63 bits per heavy atom. The van der Waals surface area contributed by atoms with E-state index in [2.05, 4.69) is 0 Å². The van der Waals surface area contributed by atoms with Crippen molar-refractivity contribution >= 4 is 17.6 Å². The molecule has 1 saturated heterocycles. The third-order valence-corrected chi connectivity index (χ3v) is 4.32. The summed E-state index contributed by atoms with van der Waals surface area (Å²) in [5.74, 6) is -0.131. The van der Waals surface area contributed by atoms with E-state index in [4.69, 9.17) is 5.11 Å². The van der Waals surface area contributed by atoms with Crippen LogP contribution in [0.1, 0.15) is 40.7 Å². The number of nitrogens with zero attached hydrogens (tertiary/aromatic N) is 2. The van der Waals surface area contributed by atoms with Gasteiger partial charge in [-0.3, -0.25) is 14.9 Å². The zero-order valence-corrected chi connectivity index (χ0v) is 15.1. The molecular formula is C20H22N2O5. The van der Waals surface area contributed by atoms with Crippen molar-refractivity contribution in [3.8, 4) is 0 Å². The van der Waals surface area contributed by atoms with Gasteiger partial charge in [-0.15, -0.1) is 0 Å². The molecule has 0 unspecified atom stereocenters. The van der Waals surface area contributed by atoms with Crippen molar-refractivity contribution < 1.29 is 19.6 Å². The lowest BCUT2D eigenvalue weighted by Crippen LogP contribution is -2.34. The summed E-state index contributed by atoms with van der Waals surface area (Å²) < 4.78 is 0. The summed E-state index contributed by atoms with van der Waals surface area (Å²) in [5, 5.41) is 19.2. The first kappa shape index (κ1) is 20.1. The summed E-state index contributed by atoms with van der Waals surface area (Å²) in [4.78, 5) is 34.1. The first-order valence-electron chi connectivity index (χ1n) is 8.73. The van der Waals surface area contributed by atoms with Crippen LogP contribution in [0.15, 0.2) is 48.5 Å². The summed E-state index contributed by atoms with van der Waals surface area (Å²) in [5.41, 5.74) is 1.55. The molecule has 1 aliphatic rings. The van der Waals surface area contributed by atoms with Crippen molar-refractivity contribution in [3.63, 3.8) is 0 Å². The third-order valence-electron chi connectivity index (χ3n) is 4.32. The van der Waals surface area contributed by atoms with E-state index in [-0.39, 0.29) is 11.5 Å². The molecule has 142 valence electrons. The second-order valence-corrected chi connectivity index (χ2v) is 6.28. The van der Waals surface area contributed by atoms with Gasteiger partial charge in [-0.1, -0.05) is 30.3 Å². The zero-order valence-electron chi connectivity index (χ0n) is 15.1. The molecule has 1 amide bonds. The molecule has 1 N–H and O–H groups in total. The number of benzene rings is 2. The van der Waals surface area contributed by atoms with Gasteiger partial charge in [-0.05, 0) is 38.3 Å². The highest BCUT2D eigenvalue weighted by atomic mass is 16.6. The Morgan fingerprint density at radius 1 is 1.00 bits per heavy atom. The number of carboxylic acid groups (broad SMARTS) is 1. The zero-order chi connectivity index (χ0) is 19.8. The highest BCUT2D eigenvalue weighted by molar-refractivity contribution is 6.09. The van der Waals surface area contributed by atoms with Gasteiger partial charge in [-0.25, -0.2) is 4.79 Å². The minimum atomic E-state index is -0.769. The lowest BCUT2D eigenvalue weighted by atomic mass is 10.0. The fourth-order valence-corrected chi connectivity index (χ4v) is 2.84. The van der Waals surface area contributed by atoms with Gasteiger partial charge in [0.05, 0.1) is 4.92 Å². The second kappa shape index (κ2) is 9.47. The number of ketones is 1. The van der Waals surface area contributed by atoms with Crippen LogP contribution in [0.4, 0.5) is 10.5 Å². The first-order chi connectivity index (χ1) is 12.9.